The van der Waals surface area contributed by atoms with Gasteiger partial charge >= 0.3 is 0 Å². The lowest BCUT2D eigenvalue weighted by atomic mass is 9.93. The van der Waals surface area contributed by atoms with Gasteiger partial charge < -0.3 is 0 Å². The molecule has 84 valence electrons. The number of benzene rings is 1. The van der Waals surface area contributed by atoms with Gasteiger partial charge in [0.05, 0.1) is 11.2 Å². The van der Waals surface area contributed by atoms with Crippen molar-refractivity contribution < 1.29 is 0 Å². The minimum Gasteiger partial charge on any atom is -0.250 e. The average molecular weight is 252 g/mol. The third-order valence-electron chi connectivity index (χ3n) is 2.75. The van der Waals surface area contributed by atoms with Crippen molar-refractivity contribution in [3.05, 3.63) is 52.0 Å². The number of hydrogen-bond donors (Lipinski definition) is 0. The van der Waals surface area contributed by atoms with Gasteiger partial charge in [0.15, 0.2) is 0 Å². The van der Waals surface area contributed by atoms with Crippen molar-refractivity contribution in [3.8, 4) is 0 Å². The number of halogens is 1. The third-order valence-corrected chi connectivity index (χ3v) is 3.76. The van der Waals surface area contributed by atoms with Crippen molar-refractivity contribution in [2.45, 2.75) is 19.3 Å². The van der Waals surface area contributed by atoms with Crippen LogP contribution in [0.1, 0.15) is 22.7 Å². The molecule has 16 heavy (non-hydrogen) atoms. The average Bonchev–Trinajstić information content (AvgIpc) is 2.80. The quantitative estimate of drug-likeness (QED) is 0.748. The molecule has 0 spiro atoms. The summed E-state index contributed by atoms with van der Waals surface area (Å²) in [6.45, 7) is 2.13. The lowest BCUT2D eigenvalue weighted by Crippen LogP contribution is -2.06. The molecule has 0 amide bonds. The van der Waals surface area contributed by atoms with Crippen LogP contribution in [0.4, 0.5) is 0 Å². The van der Waals surface area contributed by atoms with Crippen LogP contribution in [-0.4, -0.2) is 10.9 Å². The predicted octanol–water partition coefficient (Wildman–Crippen LogP) is 4.02. The number of aromatic nitrogens is 1. The van der Waals surface area contributed by atoms with Gasteiger partial charge in [0.2, 0.25) is 0 Å². The molecular formula is C13H14ClNS. The van der Waals surface area contributed by atoms with E-state index in [2.05, 4.69) is 41.6 Å². The summed E-state index contributed by atoms with van der Waals surface area (Å²) in [7, 11) is 0. The molecule has 0 saturated heterocycles. The molecule has 0 aliphatic heterocycles. The van der Waals surface area contributed by atoms with E-state index in [0.717, 1.165) is 12.1 Å². The van der Waals surface area contributed by atoms with Crippen LogP contribution in [0.15, 0.2) is 35.2 Å². The van der Waals surface area contributed by atoms with Gasteiger partial charge in [0.1, 0.15) is 0 Å². The number of thiazole rings is 1. The summed E-state index contributed by atoms with van der Waals surface area (Å²) in [4.78, 5) is 4.32. The third kappa shape index (κ3) is 2.63. The van der Waals surface area contributed by atoms with Crippen LogP contribution in [0.25, 0.3) is 0 Å². The molecule has 0 N–H and O–H groups in total. The molecule has 1 heterocycles. The maximum atomic E-state index is 6.07. The maximum absolute atomic E-state index is 6.07. The Kier molecular flexibility index (Phi) is 3.97. The maximum Gasteiger partial charge on any atom is 0.0794 e. The van der Waals surface area contributed by atoms with Crippen LogP contribution in [0.3, 0.4) is 0 Å². The second-order valence-electron chi connectivity index (χ2n) is 3.89. The van der Waals surface area contributed by atoms with E-state index in [9.17, 15) is 0 Å². The molecule has 0 aliphatic carbocycles. The number of nitrogens with zero attached hydrogens (tertiary/aromatic N) is 1. The Balaban J connectivity index is 2.20. The van der Waals surface area contributed by atoms with Crippen molar-refractivity contribution in [1.29, 1.82) is 0 Å². The molecule has 2 aromatic rings. The van der Waals surface area contributed by atoms with E-state index in [-0.39, 0.29) is 0 Å². The van der Waals surface area contributed by atoms with Gasteiger partial charge in [-0.1, -0.05) is 24.3 Å². The van der Waals surface area contributed by atoms with E-state index in [1.807, 2.05) is 5.51 Å². The largest absolute Gasteiger partial charge is 0.250 e. The van der Waals surface area contributed by atoms with Crippen LogP contribution in [0.2, 0.25) is 0 Å². The van der Waals surface area contributed by atoms with Crippen molar-refractivity contribution in [1.82, 2.24) is 4.98 Å². The fourth-order valence-electron chi connectivity index (χ4n) is 1.88. The fraction of sp³-hybridized carbons (Fsp3) is 0.308. The zero-order valence-electron chi connectivity index (χ0n) is 9.19. The highest BCUT2D eigenvalue weighted by atomic mass is 35.5. The number of aryl methyl sites for hydroxylation is 1. The summed E-state index contributed by atoms with van der Waals surface area (Å²) in [5.74, 6) is 1.01. The highest BCUT2D eigenvalue weighted by Crippen LogP contribution is 2.25. The molecule has 3 heteroatoms. The molecule has 1 nitrogen and oxygen atoms in total. The lowest BCUT2D eigenvalue weighted by Gasteiger charge is -2.15. The van der Waals surface area contributed by atoms with Gasteiger partial charge in [-0.2, -0.15) is 0 Å². The highest BCUT2D eigenvalue weighted by molar-refractivity contribution is 7.07. The first-order valence-corrected chi connectivity index (χ1v) is 6.77. The normalized spacial score (nSPS) is 12.6. The van der Waals surface area contributed by atoms with E-state index in [1.54, 1.807) is 11.3 Å². The monoisotopic (exact) mass is 251 g/mol. The minimum absolute atomic E-state index is 0.366. The molecule has 0 radical (unpaired) electrons. The summed E-state index contributed by atoms with van der Waals surface area (Å²) in [6, 6.07) is 8.43. The highest BCUT2D eigenvalue weighted by Gasteiger charge is 2.14. The zero-order chi connectivity index (χ0) is 11.4. The van der Waals surface area contributed by atoms with Crippen molar-refractivity contribution >= 4 is 22.9 Å². The second kappa shape index (κ2) is 5.46. The standard InChI is InChI=1S/C13H14ClNS/c1-10-4-2-3-5-13(10)11(7-14)6-12-8-16-9-15-12/h2-5,8-9,11H,6-7H2,1H3. The molecule has 0 fully saturated rings. The topological polar surface area (TPSA) is 12.9 Å². The van der Waals surface area contributed by atoms with Crippen LogP contribution in [0.5, 0.6) is 0 Å². The van der Waals surface area contributed by atoms with E-state index < -0.39 is 0 Å². The summed E-state index contributed by atoms with van der Waals surface area (Å²) in [5, 5.41) is 2.10. The molecule has 0 aliphatic rings. The molecular weight excluding hydrogens is 238 g/mol. The molecule has 1 aromatic carbocycles. The Morgan fingerprint density at radius 1 is 1.38 bits per heavy atom. The smallest absolute Gasteiger partial charge is 0.0794 e. The molecule has 0 saturated carbocycles. The van der Waals surface area contributed by atoms with Crippen molar-refractivity contribution in [2.75, 3.05) is 5.88 Å². The van der Waals surface area contributed by atoms with E-state index in [4.69, 9.17) is 11.6 Å². The van der Waals surface area contributed by atoms with Gasteiger partial charge in [0.25, 0.3) is 0 Å². The number of hydrogen-bond acceptors (Lipinski definition) is 2. The van der Waals surface area contributed by atoms with Gasteiger partial charge in [0, 0.05) is 17.2 Å². The van der Waals surface area contributed by atoms with Crippen molar-refractivity contribution in [3.63, 3.8) is 0 Å². The number of rotatable bonds is 4. The van der Waals surface area contributed by atoms with E-state index in [1.165, 1.54) is 11.1 Å². The van der Waals surface area contributed by atoms with Crippen LogP contribution >= 0.6 is 22.9 Å². The SMILES string of the molecule is Cc1ccccc1C(CCl)Cc1cscn1. The first-order chi connectivity index (χ1) is 7.81. The fourth-order valence-corrected chi connectivity index (χ4v) is 2.73. The van der Waals surface area contributed by atoms with Gasteiger partial charge in [-0.15, -0.1) is 22.9 Å². The Hall–Kier alpha value is -0.860. The molecule has 1 aromatic heterocycles. The van der Waals surface area contributed by atoms with Crippen LogP contribution in [-0.2, 0) is 6.42 Å². The Morgan fingerprint density at radius 3 is 2.81 bits per heavy atom. The van der Waals surface area contributed by atoms with E-state index >= 15 is 0 Å². The second-order valence-corrected chi connectivity index (χ2v) is 4.92. The van der Waals surface area contributed by atoms with Gasteiger partial charge in [-0.05, 0) is 24.5 Å². The summed E-state index contributed by atoms with van der Waals surface area (Å²) in [6.07, 6.45) is 0.928. The summed E-state index contributed by atoms with van der Waals surface area (Å²) in [5.41, 5.74) is 5.66. The number of alkyl halides is 1. The molecule has 2 rings (SSSR count). The van der Waals surface area contributed by atoms with Gasteiger partial charge in [-0.3, -0.25) is 0 Å². The predicted molar refractivity (Wildman–Crippen MR) is 70.5 cm³/mol. The summed E-state index contributed by atoms with van der Waals surface area (Å²) >= 11 is 7.70. The lowest BCUT2D eigenvalue weighted by molar-refractivity contribution is 0.746. The zero-order valence-corrected chi connectivity index (χ0v) is 10.8. The molecule has 1 unspecified atom stereocenters. The Labute approximate surface area is 105 Å². The van der Waals surface area contributed by atoms with E-state index in [0.29, 0.717) is 11.8 Å². The summed E-state index contributed by atoms with van der Waals surface area (Å²) < 4.78 is 0. The minimum atomic E-state index is 0.366. The molecule has 0 bridgehead atoms. The first kappa shape index (κ1) is 11.6. The Morgan fingerprint density at radius 2 is 2.19 bits per heavy atom. The molecule has 1 atom stereocenters. The van der Waals surface area contributed by atoms with Crippen molar-refractivity contribution in [2.24, 2.45) is 0 Å². The Bertz CT molecular complexity index is 439. The van der Waals surface area contributed by atoms with Crippen LogP contribution < -0.4 is 0 Å². The van der Waals surface area contributed by atoms with Gasteiger partial charge in [-0.25, -0.2) is 4.98 Å². The first-order valence-electron chi connectivity index (χ1n) is 5.30. The van der Waals surface area contributed by atoms with Crippen LogP contribution in [0, 0.1) is 6.92 Å².